The van der Waals surface area contributed by atoms with Gasteiger partial charge in [-0.1, -0.05) is 0 Å². The topological polar surface area (TPSA) is 76.0 Å². The van der Waals surface area contributed by atoms with Gasteiger partial charge in [-0.25, -0.2) is 0 Å². The van der Waals surface area contributed by atoms with Gasteiger partial charge in [0.05, 0.1) is 19.8 Å². The zero-order valence-electron chi connectivity index (χ0n) is 4.59. The van der Waals surface area contributed by atoms with Gasteiger partial charge >= 0.3 is 0 Å². The second-order valence-electron chi connectivity index (χ2n) is 1.48. The van der Waals surface area contributed by atoms with E-state index in [9.17, 15) is 0 Å². The Morgan fingerprint density at radius 1 is 1.38 bits per heavy atom. The van der Waals surface area contributed by atoms with E-state index in [4.69, 9.17) is 15.2 Å². The van der Waals surface area contributed by atoms with Gasteiger partial charge < -0.3 is 20.7 Å². The van der Waals surface area contributed by atoms with E-state index in [0.717, 1.165) is 0 Å². The summed E-state index contributed by atoms with van der Waals surface area (Å²) in [5.74, 6) is 0. The zero-order chi connectivity index (χ0) is 5.11. The van der Waals surface area contributed by atoms with Crippen molar-refractivity contribution in [2.75, 3.05) is 19.8 Å². The molecule has 1 fully saturated rings. The van der Waals surface area contributed by atoms with E-state index in [1.165, 1.54) is 0 Å². The van der Waals surface area contributed by atoms with Crippen LogP contribution in [-0.2, 0) is 9.47 Å². The highest BCUT2D eigenvalue weighted by Crippen LogP contribution is 1.91. The molecule has 8 heavy (non-hydrogen) atoms. The Labute approximate surface area is 47.9 Å². The third-order valence-corrected chi connectivity index (χ3v) is 0.842. The summed E-state index contributed by atoms with van der Waals surface area (Å²) in [6.45, 7) is 1.87. The molecule has 0 aromatic rings. The number of nitrogens with two attached hydrogens (primary N) is 1. The fourth-order valence-corrected chi connectivity index (χ4v) is 0.506. The molecule has 4 heteroatoms. The molecule has 1 aliphatic rings. The molecule has 0 aromatic heterocycles. The van der Waals surface area contributed by atoms with E-state index < -0.39 is 0 Å². The maximum absolute atomic E-state index is 5.29. The molecule has 0 radical (unpaired) electrons. The van der Waals surface area contributed by atoms with E-state index in [0.29, 0.717) is 19.8 Å². The highest BCUT2D eigenvalue weighted by molar-refractivity contribution is 4.49. The molecular weight excluding hydrogens is 110 g/mol. The predicted molar refractivity (Wildman–Crippen MR) is 28.4 cm³/mol. The zero-order valence-corrected chi connectivity index (χ0v) is 4.59. The van der Waals surface area contributed by atoms with Crippen molar-refractivity contribution in [3.8, 4) is 0 Å². The van der Waals surface area contributed by atoms with E-state index in [2.05, 4.69) is 0 Å². The van der Waals surface area contributed by atoms with Gasteiger partial charge in [-0.05, 0) is 0 Å². The lowest BCUT2D eigenvalue weighted by molar-refractivity contribution is -0.0849. The predicted octanol–water partition coefficient (Wildman–Crippen LogP) is -1.51. The summed E-state index contributed by atoms with van der Waals surface area (Å²) in [5, 5.41) is 0. The third kappa shape index (κ3) is 2.23. The molecule has 1 rings (SSSR count). The molecule has 0 bridgehead atoms. The average Bonchev–Trinajstić information content (AvgIpc) is 1.69. The van der Waals surface area contributed by atoms with Crippen molar-refractivity contribution in [2.45, 2.75) is 6.23 Å². The Morgan fingerprint density at radius 2 is 2.12 bits per heavy atom. The van der Waals surface area contributed by atoms with Gasteiger partial charge in [-0.2, -0.15) is 0 Å². The summed E-state index contributed by atoms with van der Waals surface area (Å²) < 4.78 is 9.86. The van der Waals surface area contributed by atoms with Crippen LogP contribution in [-0.4, -0.2) is 31.5 Å². The van der Waals surface area contributed by atoms with Crippen LogP contribution >= 0.6 is 0 Å². The smallest absolute Gasteiger partial charge is 0.129 e. The van der Waals surface area contributed by atoms with Gasteiger partial charge in [0.15, 0.2) is 0 Å². The van der Waals surface area contributed by atoms with Crippen molar-refractivity contribution in [3.63, 3.8) is 0 Å². The van der Waals surface area contributed by atoms with Crippen LogP contribution in [0.15, 0.2) is 0 Å². The molecule has 1 heterocycles. The number of hydrogen-bond acceptors (Lipinski definition) is 3. The fraction of sp³-hybridized carbons (Fsp3) is 1.00. The van der Waals surface area contributed by atoms with Crippen LogP contribution in [0, 0.1) is 0 Å². The van der Waals surface area contributed by atoms with E-state index in [-0.39, 0.29) is 11.7 Å². The van der Waals surface area contributed by atoms with Crippen LogP contribution in [0.25, 0.3) is 0 Å². The lowest BCUT2D eigenvalue weighted by Gasteiger charge is -2.18. The Balaban J connectivity index is 0.000000490. The van der Waals surface area contributed by atoms with E-state index in [1.54, 1.807) is 0 Å². The normalized spacial score (nSPS) is 28.9. The van der Waals surface area contributed by atoms with Crippen LogP contribution in [0.2, 0.25) is 0 Å². The van der Waals surface area contributed by atoms with Crippen LogP contribution in [0.4, 0.5) is 0 Å². The molecule has 4 nitrogen and oxygen atoms in total. The molecule has 0 aliphatic carbocycles. The second-order valence-corrected chi connectivity index (χ2v) is 1.48. The highest BCUT2D eigenvalue weighted by Gasteiger charge is 2.06. The summed E-state index contributed by atoms with van der Waals surface area (Å²) >= 11 is 0. The lowest BCUT2D eigenvalue weighted by atomic mass is 10.6. The van der Waals surface area contributed by atoms with Crippen molar-refractivity contribution >= 4 is 0 Å². The van der Waals surface area contributed by atoms with Crippen molar-refractivity contribution in [1.29, 1.82) is 0 Å². The second kappa shape index (κ2) is 3.80. The average molecular weight is 121 g/mol. The largest absolute Gasteiger partial charge is 0.412 e. The van der Waals surface area contributed by atoms with Crippen molar-refractivity contribution in [2.24, 2.45) is 5.73 Å². The highest BCUT2D eigenvalue weighted by atomic mass is 16.6. The molecule has 0 spiro atoms. The van der Waals surface area contributed by atoms with Crippen molar-refractivity contribution < 1.29 is 14.9 Å². The molecule has 1 unspecified atom stereocenters. The minimum Gasteiger partial charge on any atom is -0.412 e. The summed E-state index contributed by atoms with van der Waals surface area (Å²) in [7, 11) is 0. The quantitative estimate of drug-likeness (QED) is 0.423. The Morgan fingerprint density at radius 3 is 2.38 bits per heavy atom. The molecule has 0 saturated carbocycles. The maximum Gasteiger partial charge on any atom is 0.129 e. The lowest BCUT2D eigenvalue weighted by Crippen LogP contribution is -2.35. The van der Waals surface area contributed by atoms with Crippen LogP contribution in [0.1, 0.15) is 0 Å². The first-order chi connectivity index (χ1) is 3.39. The molecule has 50 valence electrons. The fourth-order valence-electron chi connectivity index (χ4n) is 0.506. The first-order valence-electron chi connectivity index (χ1n) is 2.34. The maximum atomic E-state index is 5.29. The number of rotatable bonds is 0. The minimum absolute atomic E-state index is 0. The Kier molecular flexibility index (Phi) is 3.72. The molecule has 1 atom stereocenters. The monoisotopic (exact) mass is 121 g/mol. The van der Waals surface area contributed by atoms with Gasteiger partial charge in [0.2, 0.25) is 0 Å². The van der Waals surface area contributed by atoms with Crippen LogP contribution in [0.3, 0.4) is 0 Å². The van der Waals surface area contributed by atoms with Gasteiger partial charge in [0.25, 0.3) is 0 Å². The number of hydrogen-bond donors (Lipinski definition) is 1. The summed E-state index contributed by atoms with van der Waals surface area (Å²) in [5.41, 5.74) is 5.29. The van der Waals surface area contributed by atoms with Gasteiger partial charge in [0, 0.05) is 0 Å². The van der Waals surface area contributed by atoms with Gasteiger partial charge in [-0.3, -0.25) is 0 Å². The van der Waals surface area contributed by atoms with E-state index >= 15 is 0 Å². The first-order valence-corrected chi connectivity index (χ1v) is 2.34. The van der Waals surface area contributed by atoms with Crippen LogP contribution < -0.4 is 5.73 Å². The SMILES string of the molecule is NC1COCCO1.O. The molecule has 1 saturated heterocycles. The molecular formula is C4H11NO3. The van der Waals surface area contributed by atoms with Gasteiger partial charge in [0.1, 0.15) is 6.23 Å². The standard InChI is InChI=1S/C4H9NO2.H2O/c5-4-3-6-1-2-7-4;/h4H,1-3,5H2;1H2. The van der Waals surface area contributed by atoms with Crippen molar-refractivity contribution in [3.05, 3.63) is 0 Å². The summed E-state index contributed by atoms with van der Waals surface area (Å²) in [6, 6.07) is 0. The van der Waals surface area contributed by atoms with Gasteiger partial charge in [-0.15, -0.1) is 0 Å². The third-order valence-electron chi connectivity index (χ3n) is 0.842. The first kappa shape index (κ1) is 7.84. The van der Waals surface area contributed by atoms with Crippen LogP contribution in [0.5, 0.6) is 0 Å². The minimum atomic E-state index is -0.186. The number of ether oxygens (including phenoxy) is 2. The Hall–Kier alpha value is -0.160. The molecule has 0 aromatic carbocycles. The summed E-state index contributed by atoms with van der Waals surface area (Å²) in [4.78, 5) is 0. The molecule has 1 aliphatic heterocycles. The molecule has 0 amide bonds. The summed E-state index contributed by atoms with van der Waals surface area (Å²) in [6.07, 6.45) is -0.186. The Bertz CT molecular complexity index is 53.2. The van der Waals surface area contributed by atoms with E-state index in [1.807, 2.05) is 0 Å². The van der Waals surface area contributed by atoms with Crippen molar-refractivity contribution in [1.82, 2.24) is 0 Å². The molecule has 4 N–H and O–H groups in total.